The fraction of sp³-hybridized carbons (Fsp3) is 0.703. The number of allylic oxidation sites excluding steroid dienone is 15. The molecule has 0 saturated heterocycles. The van der Waals surface area contributed by atoms with E-state index in [0.717, 1.165) is 24.7 Å². The molecule has 1 saturated carbocycles. The van der Waals surface area contributed by atoms with Crippen LogP contribution in [0.5, 0.6) is 0 Å². The SMILES string of the molecule is CCCCCCC1(CCCCCC)C2=C(CCC(NC3C=C(C4=CC5=C(CC4)CC5)CCC3)=C2)c2ccc(C(C)(CC)C3=CC=C4C5=CCC(C(C)(CC)CC)CC5C(CCCCCC)(CCCCCC)C4C3)cc21. The van der Waals surface area contributed by atoms with Gasteiger partial charge >= 0.3 is 0 Å². The van der Waals surface area contributed by atoms with Crippen molar-refractivity contribution in [3.63, 3.8) is 0 Å². The number of rotatable bonds is 29. The second-order valence-electron chi connectivity index (χ2n) is 27.0. The third-order valence-corrected chi connectivity index (χ3v) is 23.1. The summed E-state index contributed by atoms with van der Waals surface area (Å²) in [6, 6.07) is 8.66. The third-order valence-electron chi connectivity index (χ3n) is 23.1. The van der Waals surface area contributed by atoms with Crippen molar-refractivity contribution in [3.8, 4) is 0 Å². The molecule has 1 heteroatoms. The number of hydrogen-bond donors (Lipinski definition) is 1. The Kier molecular flexibility index (Phi) is 19.2. The quantitative estimate of drug-likeness (QED) is 0.0789. The number of unbranched alkanes of at least 4 members (excludes halogenated alkanes) is 12. The second kappa shape index (κ2) is 25.4. The number of benzene rings is 1. The van der Waals surface area contributed by atoms with E-state index in [1.807, 2.05) is 5.57 Å². The molecule has 0 bridgehead atoms. The van der Waals surface area contributed by atoms with Crippen LogP contribution in [0.1, 0.15) is 304 Å². The Morgan fingerprint density at radius 3 is 1.89 bits per heavy atom. The van der Waals surface area contributed by atoms with E-state index in [4.69, 9.17) is 0 Å². The van der Waals surface area contributed by atoms with Crippen molar-refractivity contribution in [2.75, 3.05) is 0 Å². The van der Waals surface area contributed by atoms with Gasteiger partial charge in [-0.3, -0.25) is 0 Å². The van der Waals surface area contributed by atoms with Gasteiger partial charge in [0.2, 0.25) is 0 Å². The first-order chi connectivity index (χ1) is 36.5. The molecule has 8 aliphatic carbocycles. The Labute approximate surface area is 462 Å². The predicted molar refractivity (Wildman–Crippen MR) is 327 cm³/mol. The minimum absolute atomic E-state index is 0.00174. The molecule has 0 aliphatic heterocycles. The van der Waals surface area contributed by atoms with Gasteiger partial charge in [0.1, 0.15) is 0 Å². The van der Waals surface area contributed by atoms with E-state index >= 15 is 0 Å². The summed E-state index contributed by atoms with van der Waals surface area (Å²) in [5, 5.41) is 4.27. The van der Waals surface area contributed by atoms with Crippen molar-refractivity contribution < 1.29 is 0 Å². The zero-order valence-electron chi connectivity index (χ0n) is 50.3. The molecule has 1 aromatic rings. The molecule has 1 fully saturated rings. The normalized spacial score (nSPS) is 25.3. The highest BCUT2D eigenvalue weighted by molar-refractivity contribution is 5.84. The van der Waals surface area contributed by atoms with Gasteiger partial charge in [-0.25, -0.2) is 0 Å². The summed E-state index contributed by atoms with van der Waals surface area (Å²) >= 11 is 0. The summed E-state index contributed by atoms with van der Waals surface area (Å²) in [5.74, 6) is 2.17. The van der Waals surface area contributed by atoms with Gasteiger partial charge in [-0.05, 0) is 200 Å². The molecule has 1 aromatic carbocycles. The van der Waals surface area contributed by atoms with Crippen LogP contribution in [0.2, 0.25) is 0 Å². The third kappa shape index (κ3) is 11.4. The summed E-state index contributed by atoms with van der Waals surface area (Å²) in [4.78, 5) is 0. The molecular weight excluding hydrogens is 903 g/mol. The standard InChI is InChI=1S/C74H111N/c1-10-17-21-25-44-73(45-26-22-18-11-2)67-50-58(71(8,14-5)15-6)36-40-63(67)64-41-37-59(51-68(64)73)72(9,16-7)60-38-42-65-66-43-39-62(75-61-31-29-30-55(49-61)57-35-33-54-32-34-56(54)48-57)53-70(66)74(69(65)52-60,46-27-23-19-12-3)47-28-24-20-13-4/h37-38,40-42,48-49,52-53,58,61,67-68,75H,10-36,39,43-47,50-51H2,1-9H3. The van der Waals surface area contributed by atoms with Crippen LogP contribution < -0.4 is 5.32 Å². The first-order valence-electron chi connectivity index (χ1n) is 33.1. The van der Waals surface area contributed by atoms with Crippen molar-refractivity contribution in [2.45, 2.75) is 304 Å². The van der Waals surface area contributed by atoms with Crippen LogP contribution >= 0.6 is 0 Å². The minimum atomic E-state index is -0.00174. The van der Waals surface area contributed by atoms with E-state index in [9.17, 15) is 0 Å². The zero-order chi connectivity index (χ0) is 52.6. The topological polar surface area (TPSA) is 12.0 Å². The number of nitrogens with one attached hydrogen (secondary N) is 1. The van der Waals surface area contributed by atoms with Gasteiger partial charge in [0.25, 0.3) is 0 Å². The molecule has 1 nitrogen and oxygen atoms in total. The van der Waals surface area contributed by atoms with Gasteiger partial charge in [-0.2, -0.15) is 0 Å². The summed E-state index contributed by atoms with van der Waals surface area (Å²) < 4.78 is 0. The Morgan fingerprint density at radius 2 is 1.28 bits per heavy atom. The monoisotopic (exact) mass is 1010 g/mol. The van der Waals surface area contributed by atoms with Crippen LogP contribution in [-0.2, 0) is 10.8 Å². The van der Waals surface area contributed by atoms with Crippen molar-refractivity contribution in [1.82, 2.24) is 5.32 Å². The molecular formula is C74H111N. The number of fused-ring (bicyclic) bond motifs is 5. The first kappa shape index (κ1) is 56.7. The average molecular weight is 1010 g/mol. The van der Waals surface area contributed by atoms with Gasteiger partial charge in [0, 0.05) is 22.6 Å². The number of hydrogen-bond acceptors (Lipinski definition) is 1. The van der Waals surface area contributed by atoms with Gasteiger partial charge in [-0.15, -0.1) is 0 Å². The van der Waals surface area contributed by atoms with Crippen LogP contribution in [0.25, 0.3) is 5.57 Å². The Balaban J connectivity index is 1.07. The van der Waals surface area contributed by atoms with E-state index in [2.05, 4.69) is 122 Å². The molecule has 9 rings (SSSR count). The van der Waals surface area contributed by atoms with Crippen molar-refractivity contribution in [2.24, 2.45) is 28.6 Å². The van der Waals surface area contributed by atoms with Gasteiger partial charge < -0.3 is 5.32 Å². The van der Waals surface area contributed by atoms with E-state index in [1.54, 1.807) is 61.3 Å². The average Bonchev–Trinajstić information content (AvgIpc) is 3.97. The van der Waals surface area contributed by atoms with Crippen LogP contribution in [0.3, 0.4) is 0 Å². The lowest BCUT2D eigenvalue weighted by molar-refractivity contribution is 0.0561. The smallest absolute Gasteiger partial charge is 0.0447 e. The lowest BCUT2D eigenvalue weighted by atomic mass is 9.57. The molecule has 75 heavy (non-hydrogen) atoms. The zero-order valence-corrected chi connectivity index (χ0v) is 50.3. The summed E-state index contributed by atoms with van der Waals surface area (Å²) in [5.41, 5.74) is 22.8. The molecule has 0 aromatic heterocycles. The van der Waals surface area contributed by atoms with Crippen molar-refractivity contribution in [3.05, 3.63) is 122 Å². The van der Waals surface area contributed by atoms with Crippen LogP contribution in [0.4, 0.5) is 0 Å². The lowest BCUT2D eigenvalue weighted by Gasteiger charge is -2.47. The van der Waals surface area contributed by atoms with Gasteiger partial charge in [0.15, 0.2) is 0 Å². The Hall–Kier alpha value is -3.06. The van der Waals surface area contributed by atoms with Crippen LogP contribution in [-0.4, -0.2) is 6.04 Å². The first-order valence-corrected chi connectivity index (χ1v) is 33.1. The van der Waals surface area contributed by atoms with Crippen LogP contribution in [0.15, 0.2) is 105 Å². The lowest BCUT2D eigenvalue weighted by Crippen LogP contribution is -2.39. The van der Waals surface area contributed by atoms with E-state index in [1.165, 1.54) is 218 Å². The Morgan fingerprint density at radius 1 is 0.613 bits per heavy atom. The molecule has 5 unspecified atom stereocenters. The second-order valence-corrected chi connectivity index (χ2v) is 27.0. The molecule has 8 aliphatic rings. The molecule has 0 spiro atoms. The van der Waals surface area contributed by atoms with Crippen LogP contribution in [0, 0.1) is 28.6 Å². The summed E-state index contributed by atoms with van der Waals surface area (Å²) in [6.07, 6.45) is 62.6. The highest BCUT2D eigenvalue weighted by atomic mass is 14.9. The van der Waals surface area contributed by atoms with Crippen molar-refractivity contribution in [1.29, 1.82) is 0 Å². The minimum Gasteiger partial charge on any atom is -0.382 e. The fourth-order valence-corrected chi connectivity index (χ4v) is 17.4. The largest absolute Gasteiger partial charge is 0.382 e. The molecule has 412 valence electrons. The van der Waals surface area contributed by atoms with E-state index < -0.39 is 0 Å². The highest BCUT2D eigenvalue weighted by Crippen LogP contribution is 2.67. The molecule has 1 N–H and O–H groups in total. The summed E-state index contributed by atoms with van der Waals surface area (Å²) in [7, 11) is 0. The maximum Gasteiger partial charge on any atom is 0.0447 e. The molecule has 0 amide bonds. The maximum atomic E-state index is 4.27. The fourth-order valence-electron chi connectivity index (χ4n) is 17.4. The highest BCUT2D eigenvalue weighted by Gasteiger charge is 2.57. The predicted octanol–water partition coefficient (Wildman–Crippen LogP) is 22.4. The Bertz CT molecular complexity index is 2370. The maximum absolute atomic E-state index is 4.27. The van der Waals surface area contributed by atoms with Crippen molar-refractivity contribution >= 4 is 5.57 Å². The molecule has 0 heterocycles. The molecule has 5 atom stereocenters. The van der Waals surface area contributed by atoms with Gasteiger partial charge in [-0.1, -0.05) is 238 Å². The van der Waals surface area contributed by atoms with E-state index in [-0.39, 0.29) is 10.8 Å². The van der Waals surface area contributed by atoms with E-state index in [0.29, 0.717) is 22.8 Å². The van der Waals surface area contributed by atoms with Gasteiger partial charge in [0.05, 0.1) is 0 Å². The summed E-state index contributed by atoms with van der Waals surface area (Å²) in [6.45, 7) is 22.5. The molecule has 0 radical (unpaired) electrons.